The van der Waals surface area contributed by atoms with E-state index in [4.69, 9.17) is 5.84 Å². The van der Waals surface area contributed by atoms with E-state index in [0.717, 1.165) is 5.70 Å². The van der Waals surface area contributed by atoms with Crippen LogP contribution in [0.25, 0.3) is 0 Å². The van der Waals surface area contributed by atoms with E-state index in [-0.39, 0.29) is 0 Å². The first kappa shape index (κ1) is 7.94. The van der Waals surface area contributed by atoms with Crippen molar-refractivity contribution in [3.8, 4) is 0 Å². The fourth-order valence-electron chi connectivity index (χ4n) is 0.222. The van der Waals surface area contributed by atoms with Gasteiger partial charge in [0.15, 0.2) is 0 Å². The predicted molar refractivity (Wildman–Crippen MR) is 36.2 cm³/mol. The molecule has 0 aliphatic rings. The Morgan fingerprint density at radius 3 is 2.56 bits per heavy atom. The van der Waals surface area contributed by atoms with Gasteiger partial charge in [-0.1, -0.05) is 30.9 Å². The normalized spacial score (nSPS) is 10.6. The van der Waals surface area contributed by atoms with Gasteiger partial charge in [0.25, 0.3) is 0 Å². The number of nitrogens with two attached hydrogens (primary N) is 1. The third-order valence-corrected chi connectivity index (χ3v) is 0.948. The van der Waals surface area contributed by atoms with E-state index in [1.54, 1.807) is 0 Å². The molecule has 0 aromatic rings. The van der Waals surface area contributed by atoms with Gasteiger partial charge in [-0.25, -0.2) is 0 Å². The maximum absolute atomic E-state index is 4.73. The molecule has 0 saturated carbocycles. The second kappa shape index (κ2) is 3.88. The van der Waals surface area contributed by atoms with Gasteiger partial charge in [-0.15, -0.1) is 0 Å². The molecule has 0 radical (unpaired) electrons. The molecule has 4 nitrogen and oxygen atoms in total. The molecule has 9 heavy (non-hydrogen) atoms. The maximum Gasteiger partial charge on any atom is 0.0307 e. The summed E-state index contributed by atoms with van der Waals surface area (Å²) in [6, 6.07) is 0. The van der Waals surface area contributed by atoms with Gasteiger partial charge >= 0.3 is 0 Å². The third kappa shape index (κ3) is 3.52. The Hall–Kier alpha value is -1.06. The Kier molecular flexibility index (Phi) is 3.43. The second-order valence-electron chi connectivity index (χ2n) is 2.01. The number of hydrogen-bond donors (Lipinski definition) is 2. The first-order valence-corrected chi connectivity index (χ1v) is 2.73. The summed E-state index contributed by atoms with van der Waals surface area (Å²) in [7, 11) is 0. The van der Waals surface area contributed by atoms with E-state index in [0.29, 0.717) is 5.92 Å². The van der Waals surface area contributed by atoms with Gasteiger partial charge in [-0.2, -0.15) is 0 Å². The van der Waals surface area contributed by atoms with E-state index < -0.39 is 0 Å². The van der Waals surface area contributed by atoms with Gasteiger partial charge in [0.2, 0.25) is 0 Å². The average molecular weight is 128 g/mol. The maximum atomic E-state index is 4.73. The summed E-state index contributed by atoms with van der Waals surface area (Å²) in [6.07, 6.45) is 0. The lowest BCUT2D eigenvalue weighted by Gasteiger charge is -2.04. The fraction of sp³-hybridized carbons (Fsp3) is 0.600. The second-order valence-corrected chi connectivity index (χ2v) is 2.01. The quantitative estimate of drug-likeness (QED) is 0.338. The fourth-order valence-corrected chi connectivity index (χ4v) is 0.222. The number of nitrogens with zero attached hydrogens (tertiary/aromatic N) is 2. The highest BCUT2D eigenvalue weighted by Gasteiger charge is 1.95. The van der Waals surface area contributed by atoms with Crippen molar-refractivity contribution in [3.63, 3.8) is 0 Å². The van der Waals surface area contributed by atoms with Crippen LogP contribution < -0.4 is 11.3 Å². The van der Waals surface area contributed by atoms with E-state index in [9.17, 15) is 0 Å². The Morgan fingerprint density at radius 2 is 2.22 bits per heavy atom. The summed E-state index contributed by atoms with van der Waals surface area (Å²) in [5.41, 5.74) is 3.38. The van der Waals surface area contributed by atoms with Crippen LogP contribution in [0.5, 0.6) is 0 Å². The summed E-state index contributed by atoms with van der Waals surface area (Å²) in [5.74, 6) is 5.09. The van der Waals surface area contributed by atoms with E-state index in [1.165, 1.54) is 0 Å². The highest BCUT2D eigenvalue weighted by atomic mass is 15.5. The van der Waals surface area contributed by atoms with Crippen molar-refractivity contribution in [1.29, 1.82) is 0 Å². The third-order valence-electron chi connectivity index (χ3n) is 0.948. The molecule has 0 fully saturated rings. The highest BCUT2D eigenvalue weighted by Crippen LogP contribution is 2.00. The molecule has 0 atom stereocenters. The van der Waals surface area contributed by atoms with Gasteiger partial charge in [-0.05, 0) is 5.92 Å². The molecular weight excluding hydrogens is 116 g/mol. The average Bonchev–Trinajstić information content (AvgIpc) is 1.82. The lowest BCUT2D eigenvalue weighted by molar-refractivity contribution is 0.649. The zero-order valence-corrected chi connectivity index (χ0v) is 5.76. The zero-order valence-electron chi connectivity index (χ0n) is 5.76. The Balaban J connectivity index is 3.51. The van der Waals surface area contributed by atoms with Crippen molar-refractivity contribution in [2.24, 2.45) is 22.2 Å². The van der Waals surface area contributed by atoms with Crippen LogP contribution in [-0.2, 0) is 0 Å². The lowest BCUT2D eigenvalue weighted by Crippen LogP contribution is -2.09. The molecule has 52 valence electrons. The summed E-state index contributed by atoms with van der Waals surface area (Å²) in [5, 5.41) is 6.36. The van der Waals surface area contributed by atoms with Gasteiger partial charge in [0, 0.05) is 5.70 Å². The summed E-state index contributed by atoms with van der Waals surface area (Å²) >= 11 is 0. The van der Waals surface area contributed by atoms with E-state index in [2.05, 4.69) is 22.5 Å². The zero-order chi connectivity index (χ0) is 7.28. The van der Waals surface area contributed by atoms with Crippen molar-refractivity contribution in [1.82, 2.24) is 5.43 Å². The van der Waals surface area contributed by atoms with Crippen molar-refractivity contribution < 1.29 is 0 Å². The van der Waals surface area contributed by atoms with Gasteiger partial charge in [0.1, 0.15) is 0 Å². The van der Waals surface area contributed by atoms with Crippen LogP contribution in [0.2, 0.25) is 0 Å². The number of rotatable bonds is 3. The van der Waals surface area contributed by atoms with Crippen LogP contribution in [0, 0.1) is 5.92 Å². The molecule has 0 saturated heterocycles. The van der Waals surface area contributed by atoms with Crippen LogP contribution >= 0.6 is 0 Å². The van der Waals surface area contributed by atoms with E-state index in [1.807, 2.05) is 13.8 Å². The standard InChI is InChI=1S/C5H12N4/c1-4(2)5(3)7-9-8-6/h4H,3H2,1-2H3,(H2,6,9)(H,7,8). The van der Waals surface area contributed by atoms with Crippen LogP contribution in [-0.4, -0.2) is 0 Å². The monoisotopic (exact) mass is 128 g/mol. The number of allylic oxidation sites excluding steroid dienone is 1. The minimum absolute atomic E-state index is 0.357. The molecule has 3 N–H and O–H groups in total. The first-order chi connectivity index (χ1) is 4.18. The minimum Gasteiger partial charge on any atom is -0.303 e. The first-order valence-electron chi connectivity index (χ1n) is 2.73. The molecule has 0 aliphatic carbocycles. The topological polar surface area (TPSA) is 62.8 Å². The van der Waals surface area contributed by atoms with Crippen LogP contribution in [0.3, 0.4) is 0 Å². The Morgan fingerprint density at radius 1 is 1.67 bits per heavy atom. The van der Waals surface area contributed by atoms with Crippen molar-refractivity contribution in [2.45, 2.75) is 13.8 Å². The Labute approximate surface area is 54.8 Å². The molecule has 0 heterocycles. The Bertz CT molecular complexity index is 116. The molecule has 0 rings (SSSR count). The number of nitrogens with one attached hydrogen (secondary N) is 1. The van der Waals surface area contributed by atoms with Crippen molar-refractivity contribution in [2.75, 3.05) is 0 Å². The molecule has 0 aliphatic heterocycles. The van der Waals surface area contributed by atoms with Crippen molar-refractivity contribution in [3.05, 3.63) is 12.3 Å². The van der Waals surface area contributed by atoms with Crippen LogP contribution in [0.15, 0.2) is 22.7 Å². The molecule has 0 bridgehead atoms. The SMILES string of the molecule is C=C(N/N=N\N)C(C)C. The highest BCUT2D eigenvalue weighted by molar-refractivity contribution is 4.92. The molecule has 0 amide bonds. The van der Waals surface area contributed by atoms with Gasteiger partial charge in [-0.3, -0.25) is 5.43 Å². The predicted octanol–water partition coefficient (Wildman–Crippen LogP) is 0.987. The molecule has 0 spiro atoms. The largest absolute Gasteiger partial charge is 0.303 e. The van der Waals surface area contributed by atoms with Gasteiger partial charge < -0.3 is 5.84 Å². The van der Waals surface area contributed by atoms with Crippen molar-refractivity contribution >= 4 is 0 Å². The van der Waals surface area contributed by atoms with Crippen LogP contribution in [0.1, 0.15) is 13.8 Å². The lowest BCUT2D eigenvalue weighted by atomic mass is 10.2. The summed E-state index contributed by atoms with van der Waals surface area (Å²) < 4.78 is 0. The molecular formula is C5H12N4. The smallest absolute Gasteiger partial charge is 0.0307 e. The summed E-state index contributed by atoms with van der Waals surface area (Å²) in [4.78, 5) is 0. The number of hydrogen-bond acceptors (Lipinski definition) is 2. The molecule has 0 unspecified atom stereocenters. The van der Waals surface area contributed by atoms with Crippen LogP contribution in [0.4, 0.5) is 0 Å². The molecule has 0 aromatic carbocycles. The van der Waals surface area contributed by atoms with E-state index >= 15 is 0 Å². The molecule has 0 aromatic heterocycles. The molecule has 4 heteroatoms. The minimum atomic E-state index is 0.357. The van der Waals surface area contributed by atoms with Gasteiger partial charge in [0.05, 0.1) is 0 Å². The summed E-state index contributed by atoms with van der Waals surface area (Å²) in [6.45, 7) is 7.67.